The third-order valence-electron chi connectivity index (χ3n) is 4.61. The Morgan fingerprint density at radius 3 is 2.73 bits per heavy atom. The van der Waals surface area contributed by atoms with Crippen molar-refractivity contribution in [2.24, 2.45) is 0 Å². The average molecular weight is 409 g/mol. The summed E-state index contributed by atoms with van der Waals surface area (Å²) in [6, 6.07) is 8.57. The van der Waals surface area contributed by atoms with Crippen LogP contribution < -0.4 is 5.32 Å². The summed E-state index contributed by atoms with van der Waals surface area (Å²) in [4.78, 5) is 20.2. The molecule has 7 nitrogen and oxygen atoms in total. The van der Waals surface area contributed by atoms with Crippen molar-refractivity contribution in [2.45, 2.75) is 13.5 Å². The van der Waals surface area contributed by atoms with Gasteiger partial charge in [-0.2, -0.15) is 0 Å². The zero-order chi connectivity index (χ0) is 20.8. The molecule has 0 saturated carbocycles. The van der Waals surface area contributed by atoms with Gasteiger partial charge < -0.3 is 10.3 Å². The molecule has 3 aromatic heterocycles. The van der Waals surface area contributed by atoms with Crippen LogP contribution in [0.15, 0.2) is 42.7 Å². The number of aromatic amines is 1. The van der Waals surface area contributed by atoms with Crippen molar-refractivity contribution in [1.82, 2.24) is 29.5 Å². The summed E-state index contributed by atoms with van der Waals surface area (Å²) in [7, 11) is 0. The number of nitrogens with one attached hydrogen (secondary N) is 2. The second kappa shape index (κ2) is 6.83. The molecule has 0 atom stereocenters. The second-order valence-corrected chi connectivity index (χ2v) is 6.68. The van der Waals surface area contributed by atoms with E-state index in [9.17, 15) is 13.2 Å². The van der Waals surface area contributed by atoms with Crippen LogP contribution in [0.2, 0.25) is 0 Å². The smallest absolute Gasteiger partial charge is 0.186 e. The van der Waals surface area contributed by atoms with Gasteiger partial charge in [-0.1, -0.05) is 6.07 Å². The predicted molar refractivity (Wildman–Crippen MR) is 105 cm³/mol. The van der Waals surface area contributed by atoms with Gasteiger partial charge >= 0.3 is 0 Å². The van der Waals surface area contributed by atoms with E-state index < -0.39 is 11.6 Å². The highest BCUT2D eigenvalue weighted by Gasteiger charge is 2.15. The maximum Gasteiger partial charge on any atom is 0.186 e. The molecule has 2 aromatic carbocycles. The molecule has 0 radical (unpaired) electrons. The standard InChI is InChI=1S/C20H14F3N7/c1-10-26-19(24-8-15-28-14-6-5-13(22)16(23)17(14)29-15)18-20(27-10)30(9-25-18)12-4-2-3-11(21)7-12/h2-7,9H,8H2,1H3,(H,28,29)(H,24,26,27). The van der Waals surface area contributed by atoms with Crippen LogP contribution in [0.25, 0.3) is 27.9 Å². The normalized spacial score (nSPS) is 11.5. The third kappa shape index (κ3) is 3.02. The molecule has 150 valence electrons. The summed E-state index contributed by atoms with van der Waals surface area (Å²) in [5.41, 5.74) is 1.90. The summed E-state index contributed by atoms with van der Waals surface area (Å²) in [5, 5.41) is 3.11. The highest BCUT2D eigenvalue weighted by molar-refractivity contribution is 5.84. The van der Waals surface area contributed by atoms with Gasteiger partial charge in [0.15, 0.2) is 28.6 Å². The first-order valence-corrected chi connectivity index (χ1v) is 9.03. The van der Waals surface area contributed by atoms with E-state index in [0.717, 1.165) is 6.07 Å². The molecule has 0 aliphatic rings. The molecule has 3 heterocycles. The molecule has 0 amide bonds. The molecule has 0 saturated heterocycles. The van der Waals surface area contributed by atoms with E-state index in [1.165, 1.54) is 24.5 Å². The summed E-state index contributed by atoms with van der Waals surface area (Å²) in [6.07, 6.45) is 1.54. The molecular formula is C20H14F3N7. The van der Waals surface area contributed by atoms with Crippen molar-refractivity contribution in [3.8, 4) is 5.69 Å². The van der Waals surface area contributed by atoms with Crippen LogP contribution in [-0.4, -0.2) is 29.5 Å². The van der Waals surface area contributed by atoms with Crippen LogP contribution in [-0.2, 0) is 6.54 Å². The number of nitrogens with zero attached hydrogens (tertiary/aromatic N) is 5. The zero-order valence-electron chi connectivity index (χ0n) is 15.6. The number of rotatable bonds is 4. The van der Waals surface area contributed by atoms with Gasteiger partial charge in [-0.05, 0) is 37.3 Å². The quantitative estimate of drug-likeness (QED) is 0.468. The fraction of sp³-hybridized carbons (Fsp3) is 0.100. The molecule has 0 aliphatic carbocycles. The second-order valence-electron chi connectivity index (χ2n) is 6.68. The third-order valence-corrected chi connectivity index (χ3v) is 4.61. The van der Waals surface area contributed by atoms with Gasteiger partial charge in [0.1, 0.15) is 29.3 Å². The summed E-state index contributed by atoms with van der Waals surface area (Å²) < 4.78 is 42.6. The molecule has 5 aromatic rings. The highest BCUT2D eigenvalue weighted by atomic mass is 19.2. The lowest BCUT2D eigenvalue weighted by Crippen LogP contribution is -2.06. The van der Waals surface area contributed by atoms with Crippen LogP contribution >= 0.6 is 0 Å². The average Bonchev–Trinajstić information content (AvgIpc) is 3.33. The van der Waals surface area contributed by atoms with Crippen LogP contribution in [0, 0.1) is 24.4 Å². The molecule has 2 N–H and O–H groups in total. The Morgan fingerprint density at radius 1 is 1.03 bits per heavy atom. The van der Waals surface area contributed by atoms with E-state index in [-0.39, 0.29) is 17.9 Å². The van der Waals surface area contributed by atoms with Gasteiger partial charge in [0.25, 0.3) is 0 Å². The van der Waals surface area contributed by atoms with Crippen LogP contribution in [0.5, 0.6) is 0 Å². The van der Waals surface area contributed by atoms with Crippen molar-refractivity contribution in [2.75, 3.05) is 5.32 Å². The number of fused-ring (bicyclic) bond motifs is 2. The Labute approximate surface area is 167 Å². The maximum atomic E-state index is 13.9. The summed E-state index contributed by atoms with van der Waals surface area (Å²) >= 11 is 0. The van der Waals surface area contributed by atoms with E-state index in [2.05, 4.69) is 30.2 Å². The Morgan fingerprint density at radius 2 is 1.90 bits per heavy atom. The van der Waals surface area contributed by atoms with Crippen LogP contribution in [0.1, 0.15) is 11.6 Å². The van der Waals surface area contributed by atoms with Gasteiger partial charge in [0, 0.05) is 0 Å². The van der Waals surface area contributed by atoms with Crippen molar-refractivity contribution >= 4 is 28.0 Å². The minimum absolute atomic E-state index is 0.0637. The van der Waals surface area contributed by atoms with Crippen molar-refractivity contribution in [3.63, 3.8) is 0 Å². The van der Waals surface area contributed by atoms with Gasteiger partial charge in [0.2, 0.25) is 0 Å². The maximum absolute atomic E-state index is 13.9. The van der Waals surface area contributed by atoms with Crippen LogP contribution in [0.3, 0.4) is 0 Å². The molecule has 0 aliphatic heterocycles. The van der Waals surface area contributed by atoms with E-state index in [1.54, 1.807) is 23.6 Å². The Bertz CT molecular complexity index is 1410. The lowest BCUT2D eigenvalue weighted by molar-refractivity contribution is 0.515. The lowest BCUT2D eigenvalue weighted by atomic mass is 10.3. The number of aryl methyl sites for hydroxylation is 1. The van der Waals surface area contributed by atoms with Gasteiger partial charge in [-0.15, -0.1) is 0 Å². The number of hydrogen-bond acceptors (Lipinski definition) is 5. The molecule has 5 rings (SSSR count). The van der Waals surface area contributed by atoms with Gasteiger partial charge in [0.05, 0.1) is 17.7 Å². The number of aromatic nitrogens is 6. The number of anilines is 1. The topological polar surface area (TPSA) is 84.3 Å². The molecule has 0 bridgehead atoms. The van der Waals surface area contributed by atoms with Gasteiger partial charge in [-0.3, -0.25) is 4.57 Å². The minimum atomic E-state index is -0.996. The summed E-state index contributed by atoms with van der Waals surface area (Å²) in [5.74, 6) is -0.982. The highest BCUT2D eigenvalue weighted by Crippen LogP contribution is 2.23. The first kappa shape index (κ1) is 18.1. The number of benzene rings is 2. The Balaban J connectivity index is 1.50. The van der Waals surface area contributed by atoms with Crippen molar-refractivity contribution in [1.29, 1.82) is 0 Å². The molecule has 30 heavy (non-hydrogen) atoms. The number of halogens is 3. The van der Waals surface area contributed by atoms with Crippen molar-refractivity contribution in [3.05, 3.63) is 71.8 Å². The van der Waals surface area contributed by atoms with E-state index in [1.807, 2.05) is 0 Å². The van der Waals surface area contributed by atoms with E-state index in [0.29, 0.717) is 39.8 Å². The number of hydrogen-bond donors (Lipinski definition) is 2. The SMILES string of the molecule is Cc1nc(NCc2nc3c(F)c(F)ccc3[nH]2)c2ncn(-c3cccc(F)c3)c2n1. The molecule has 10 heteroatoms. The zero-order valence-corrected chi connectivity index (χ0v) is 15.6. The Kier molecular flexibility index (Phi) is 4.12. The summed E-state index contributed by atoms with van der Waals surface area (Å²) in [6.45, 7) is 1.90. The molecule has 0 fully saturated rings. The molecule has 0 unspecified atom stereocenters. The fourth-order valence-corrected chi connectivity index (χ4v) is 3.27. The van der Waals surface area contributed by atoms with E-state index >= 15 is 0 Å². The fourth-order valence-electron chi connectivity index (χ4n) is 3.27. The number of imidazole rings is 2. The first-order valence-electron chi connectivity index (χ1n) is 9.03. The van der Waals surface area contributed by atoms with Crippen molar-refractivity contribution < 1.29 is 13.2 Å². The van der Waals surface area contributed by atoms with Gasteiger partial charge in [-0.25, -0.2) is 33.1 Å². The Hall–Kier alpha value is -3.95. The first-order chi connectivity index (χ1) is 14.5. The molecule has 0 spiro atoms. The predicted octanol–water partition coefficient (Wildman–Crippen LogP) is 4.03. The lowest BCUT2D eigenvalue weighted by Gasteiger charge is -2.07. The van der Waals surface area contributed by atoms with E-state index in [4.69, 9.17) is 0 Å². The minimum Gasteiger partial charge on any atom is -0.361 e. The molecular weight excluding hydrogens is 395 g/mol. The number of H-pyrrole nitrogens is 1. The monoisotopic (exact) mass is 409 g/mol. The largest absolute Gasteiger partial charge is 0.361 e. The van der Waals surface area contributed by atoms with Crippen LogP contribution in [0.4, 0.5) is 19.0 Å².